The summed E-state index contributed by atoms with van der Waals surface area (Å²) in [6.45, 7) is 11.6. The van der Waals surface area contributed by atoms with Crippen LogP contribution in [-0.4, -0.2) is 18.1 Å². The molecule has 2 aromatic rings. The Morgan fingerprint density at radius 3 is 2.48 bits per heavy atom. The summed E-state index contributed by atoms with van der Waals surface area (Å²) in [6, 6.07) is 9.07. The van der Waals surface area contributed by atoms with Gasteiger partial charge in [0.2, 0.25) is 0 Å². The number of aryl methyl sites for hydroxylation is 1. The molecule has 1 N–H and O–H groups in total. The lowest BCUT2D eigenvalue weighted by molar-refractivity contribution is 0.578. The van der Waals surface area contributed by atoms with Crippen molar-refractivity contribution in [2.75, 3.05) is 18.0 Å². The van der Waals surface area contributed by atoms with Crippen LogP contribution in [0.1, 0.15) is 42.8 Å². The number of benzene rings is 1. The van der Waals surface area contributed by atoms with Crippen molar-refractivity contribution >= 4 is 16.5 Å². The maximum atomic E-state index is 4.52. The molecular weight excluding hydrogens is 278 g/mol. The van der Waals surface area contributed by atoms with E-state index in [9.17, 15) is 0 Å². The molecule has 0 bridgehead atoms. The molecule has 2 rings (SSSR count). The Kier molecular flexibility index (Phi) is 5.76. The predicted octanol–water partition coefficient (Wildman–Crippen LogP) is 4.15. The molecule has 0 radical (unpaired) electrons. The molecule has 1 atom stereocenters. The lowest BCUT2D eigenvalue weighted by Crippen LogP contribution is -2.21. The van der Waals surface area contributed by atoms with Crippen LogP contribution in [0.5, 0.6) is 0 Å². The second kappa shape index (κ2) is 7.57. The number of thiazole rings is 1. The zero-order chi connectivity index (χ0) is 15.2. The first-order valence-corrected chi connectivity index (χ1v) is 8.45. The molecule has 3 nitrogen and oxygen atoms in total. The van der Waals surface area contributed by atoms with E-state index in [2.05, 4.69) is 67.2 Å². The van der Waals surface area contributed by atoms with Crippen molar-refractivity contribution in [2.24, 2.45) is 0 Å². The molecule has 0 saturated heterocycles. The van der Waals surface area contributed by atoms with Crippen LogP contribution < -0.4 is 10.2 Å². The normalized spacial score (nSPS) is 12.4. The third kappa shape index (κ3) is 4.29. The molecule has 1 heterocycles. The van der Waals surface area contributed by atoms with Crippen molar-refractivity contribution in [2.45, 2.75) is 40.3 Å². The van der Waals surface area contributed by atoms with Gasteiger partial charge in [-0.15, -0.1) is 11.3 Å². The van der Waals surface area contributed by atoms with E-state index in [1.165, 1.54) is 16.0 Å². The number of hydrogen-bond donors (Lipinski definition) is 1. The van der Waals surface area contributed by atoms with Gasteiger partial charge >= 0.3 is 0 Å². The molecule has 1 aromatic carbocycles. The summed E-state index contributed by atoms with van der Waals surface area (Å²) < 4.78 is 0. The molecule has 0 aliphatic carbocycles. The Hall–Kier alpha value is -1.39. The third-order valence-corrected chi connectivity index (χ3v) is 4.79. The van der Waals surface area contributed by atoms with Gasteiger partial charge in [-0.3, -0.25) is 0 Å². The van der Waals surface area contributed by atoms with Gasteiger partial charge in [0, 0.05) is 36.8 Å². The second-order valence-electron chi connectivity index (χ2n) is 5.29. The van der Waals surface area contributed by atoms with Gasteiger partial charge in [-0.1, -0.05) is 29.8 Å². The first-order chi connectivity index (χ1) is 10.1. The monoisotopic (exact) mass is 303 g/mol. The fraction of sp³-hybridized carbons (Fsp3) is 0.471. The van der Waals surface area contributed by atoms with Crippen LogP contribution in [0, 0.1) is 6.92 Å². The summed E-state index contributed by atoms with van der Waals surface area (Å²) in [5, 5.41) is 4.70. The summed E-state index contributed by atoms with van der Waals surface area (Å²) in [4.78, 5) is 8.10. The first kappa shape index (κ1) is 16.0. The van der Waals surface area contributed by atoms with E-state index in [1.54, 1.807) is 11.3 Å². The predicted molar refractivity (Wildman–Crippen MR) is 92.1 cm³/mol. The zero-order valence-corrected chi connectivity index (χ0v) is 14.2. The molecule has 0 saturated carbocycles. The molecule has 0 spiro atoms. The van der Waals surface area contributed by atoms with Gasteiger partial charge in [-0.2, -0.15) is 0 Å². The standard InChI is InChI=1S/C17H25N3S/c1-5-20(6-2)17-19-12-16(21-17)11-18-14(4)15-9-7-13(3)8-10-15/h7-10,12,14,18H,5-6,11H2,1-4H3/t14-/m1/s1. The topological polar surface area (TPSA) is 28.2 Å². The van der Waals surface area contributed by atoms with Crippen molar-refractivity contribution in [1.29, 1.82) is 0 Å². The molecule has 21 heavy (non-hydrogen) atoms. The molecular formula is C17H25N3S. The average molecular weight is 303 g/mol. The molecule has 0 aliphatic heterocycles. The summed E-state index contributed by atoms with van der Waals surface area (Å²) in [5.41, 5.74) is 2.63. The number of nitrogens with one attached hydrogen (secondary N) is 1. The van der Waals surface area contributed by atoms with E-state index in [1.807, 2.05) is 6.20 Å². The van der Waals surface area contributed by atoms with Crippen LogP contribution in [0.3, 0.4) is 0 Å². The minimum absolute atomic E-state index is 0.351. The minimum Gasteiger partial charge on any atom is -0.349 e. The minimum atomic E-state index is 0.351. The maximum Gasteiger partial charge on any atom is 0.185 e. The highest BCUT2D eigenvalue weighted by molar-refractivity contribution is 7.15. The number of aromatic nitrogens is 1. The molecule has 4 heteroatoms. The summed E-state index contributed by atoms with van der Waals surface area (Å²) in [7, 11) is 0. The van der Waals surface area contributed by atoms with Gasteiger partial charge < -0.3 is 10.2 Å². The third-order valence-electron chi connectivity index (χ3n) is 3.74. The fourth-order valence-electron chi connectivity index (χ4n) is 2.25. The fourth-order valence-corrected chi connectivity index (χ4v) is 3.23. The lowest BCUT2D eigenvalue weighted by atomic mass is 10.1. The highest BCUT2D eigenvalue weighted by Crippen LogP contribution is 2.23. The van der Waals surface area contributed by atoms with Crippen LogP contribution in [0.2, 0.25) is 0 Å². The largest absolute Gasteiger partial charge is 0.349 e. The smallest absolute Gasteiger partial charge is 0.185 e. The summed E-state index contributed by atoms with van der Waals surface area (Å²) >= 11 is 1.78. The Morgan fingerprint density at radius 2 is 1.86 bits per heavy atom. The van der Waals surface area contributed by atoms with Gasteiger partial charge in [-0.25, -0.2) is 4.98 Å². The summed E-state index contributed by atoms with van der Waals surface area (Å²) in [6.07, 6.45) is 1.99. The molecule has 114 valence electrons. The van der Waals surface area contributed by atoms with Crippen molar-refractivity contribution < 1.29 is 0 Å². The van der Waals surface area contributed by atoms with E-state index >= 15 is 0 Å². The second-order valence-corrected chi connectivity index (χ2v) is 6.39. The molecule has 0 amide bonds. The van der Waals surface area contributed by atoms with Crippen molar-refractivity contribution in [3.8, 4) is 0 Å². The van der Waals surface area contributed by atoms with Crippen LogP contribution in [0.25, 0.3) is 0 Å². The van der Waals surface area contributed by atoms with Crippen molar-refractivity contribution in [3.05, 3.63) is 46.5 Å². The van der Waals surface area contributed by atoms with Crippen molar-refractivity contribution in [3.63, 3.8) is 0 Å². The Morgan fingerprint density at radius 1 is 1.19 bits per heavy atom. The average Bonchev–Trinajstić information content (AvgIpc) is 2.96. The highest BCUT2D eigenvalue weighted by Gasteiger charge is 2.09. The molecule has 0 fully saturated rings. The Balaban J connectivity index is 1.92. The Labute approximate surface area is 132 Å². The number of nitrogens with zero attached hydrogens (tertiary/aromatic N) is 2. The van der Waals surface area contributed by atoms with Gasteiger partial charge in [0.15, 0.2) is 5.13 Å². The van der Waals surface area contributed by atoms with E-state index in [-0.39, 0.29) is 0 Å². The first-order valence-electron chi connectivity index (χ1n) is 7.63. The number of rotatable bonds is 7. The molecule has 1 aromatic heterocycles. The van der Waals surface area contributed by atoms with E-state index in [0.29, 0.717) is 6.04 Å². The van der Waals surface area contributed by atoms with Crippen LogP contribution in [0.4, 0.5) is 5.13 Å². The van der Waals surface area contributed by atoms with Crippen LogP contribution in [-0.2, 0) is 6.54 Å². The highest BCUT2D eigenvalue weighted by atomic mass is 32.1. The van der Waals surface area contributed by atoms with E-state index in [0.717, 1.165) is 24.8 Å². The number of anilines is 1. The molecule has 0 aliphatic rings. The van der Waals surface area contributed by atoms with Crippen LogP contribution >= 0.6 is 11.3 Å². The van der Waals surface area contributed by atoms with Gasteiger partial charge in [0.05, 0.1) is 0 Å². The zero-order valence-electron chi connectivity index (χ0n) is 13.4. The number of hydrogen-bond acceptors (Lipinski definition) is 4. The van der Waals surface area contributed by atoms with E-state index < -0.39 is 0 Å². The van der Waals surface area contributed by atoms with Gasteiger partial charge in [0.25, 0.3) is 0 Å². The maximum absolute atomic E-state index is 4.52. The van der Waals surface area contributed by atoms with Gasteiger partial charge in [-0.05, 0) is 33.3 Å². The Bertz CT molecular complexity index is 543. The molecule has 0 unspecified atom stereocenters. The quantitative estimate of drug-likeness (QED) is 0.833. The SMILES string of the molecule is CCN(CC)c1ncc(CN[C@H](C)c2ccc(C)cc2)s1. The van der Waals surface area contributed by atoms with Crippen molar-refractivity contribution in [1.82, 2.24) is 10.3 Å². The van der Waals surface area contributed by atoms with E-state index in [4.69, 9.17) is 0 Å². The lowest BCUT2D eigenvalue weighted by Gasteiger charge is -2.16. The van der Waals surface area contributed by atoms with Crippen LogP contribution in [0.15, 0.2) is 30.5 Å². The summed E-state index contributed by atoms with van der Waals surface area (Å²) in [5.74, 6) is 0. The van der Waals surface area contributed by atoms with Gasteiger partial charge in [0.1, 0.15) is 0 Å².